The number of carbonyl (C=O) groups excluding carboxylic acids is 1. The molecule has 1 unspecified atom stereocenters. The van der Waals surface area contributed by atoms with Gasteiger partial charge in [-0.2, -0.15) is 0 Å². The van der Waals surface area contributed by atoms with Gasteiger partial charge in [0.1, 0.15) is 0 Å². The first-order valence-electron chi connectivity index (χ1n) is 4.59. The quantitative estimate of drug-likeness (QED) is 0.842. The first-order valence-corrected chi connectivity index (χ1v) is 5.38. The van der Waals surface area contributed by atoms with Crippen LogP contribution in [0.25, 0.3) is 0 Å². The molecule has 0 spiro atoms. The number of ketones is 1. The molecule has 0 radical (unpaired) electrons. The summed E-state index contributed by atoms with van der Waals surface area (Å²) in [5.74, 6) is -1.38. The number of hydrogen-bond donors (Lipinski definition) is 1. The summed E-state index contributed by atoms with van der Waals surface area (Å²) >= 11 is 3.25. The zero-order chi connectivity index (χ0) is 12.1. The molecule has 1 atom stereocenters. The average Bonchev–Trinajstić information content (AvgIpc) is 2.26. The van der Waals surface area contributed by atoms with Crippen LogP contribution in [-0.4, -0.2) is 30.1 Å². The Kier molecular flexibility index (Phi) is 4.64. The van der Waals surface area contributed by atoms with E-state index >= 15 is 0 Å². The van der Waals surface area contributed by atoms with E-state index in [1.54, 1.807) is 24.3 Å². The molecular formula is C11H11BrO4. The predicted molar refractivity (Wildman–Crippen MR) is 61.5 cm³/mol. The average molecular weight is 287 g/mol. The number of ether oxygens (including phenoxy) is 1. The summed E-state index contributed by atoms with van der Waals surface area (Å²) in [5.41, 5.74) is 0.478. The fraction of sp³-hybridized carbons (Fsp3) is 0.273. The van der Waals surface area contributed by atoms with E-state index in [1.807, 2.05) is 0 Å². The van der Waals surface area contributed by atoms with E-state index in [0.717, 1.165) is 4.47 Å². The lowest BCUT2D eigenvalue weighted by molar-refractivity contribution is -0.148. The van der Waals surface area contributed by atoms with Gasteiger partial charge >= 0.3 is 5.97 Å². The van der Waals surface area contributed by atoms with E-state index in [1.165, 1.54) is 7.11 Å². The number of hydrogen-bond acceptors (Lipinski definition) is 3. The topological polar surface area (TPSA) is 63.6 Å². The minimum Gasteiger partial charge on any atom is -0.479 e. The Morgan fingerprint density at radius 2 is 1.94 bits per heavy atom. The van der Waals surface area contributed by atoms with Crippen LogP contribution in [0.1, 0.15) is 16.8 Å². The van der Waals surface area contributed by atoms with Crippen molar-refractivity contribution in [3.05, 3.63) is 34.3 Å². The van der Waals surface area contributed by atoms with E-state index in [2.05, 4.69) is 15.9 Å². The molecule has 0 aliphatic heterocycles. The molecule has 0 aromatic heterocycles. The van der Waals surface area contributed by atoms with Crippen LogP contribution in [0.3, 0.4) is 0 Å². The van der Waals surface area contributed by atoms with Gasteiger partial charge in [0.05, 0.1) is 0 Å². The first kappa shape index (κ1) is 12.9. The van der Waals surface area contributed by atoms with Crippen LogP contribution >= 0.6 is 15.9 Å². The van der Waals surface area contributed by atoms with Gasteiger partial charge in [-0.05, 0) is 12.1 Å². The number of Topliss-reactive ketones (excluding diaryl/α,β-unsaturated/α-hetero) is 1. The molecule has 0 heterocycles. The van der Waals surface area contributed by atoms with Crippen LogP contribution in [0.4, 0.5) is 0 Å². The van der Waals surface area contributed by atoms with Gasteiger partial charge in [-0.3, -0.25) is 4.79 Å². The molecule has 1 rings (SSSR count). The zero-order valence-electron chi connectivity index (χ0n) is 8.64. The van der Waals surface area contributed by atoms with Crippen molar-refractivity contribution in [1.29, 1.82) is 0 Å². The third-order valence-electron chi connectivity index (χ3n) is 2.10. The van der Waals surface area contributed by atoms with Crippen molar-refractivity contribution in [3.63, 3.8) is 0 Å². The summed E-state index contributed by atoms with van der Waals surface area (Å²) < 4.78 is 5.56. The van der Waals surface area contributed by atoms with Crippen molar-refractivity contribution in [2.45, 2.75) is 12.5 Å². The van der Waals surface area contributed by atoms with Crippen LogP contribution < -0.4 is 0 Å². The molecule has 0 bridgehead atoms. The summed E-state index contributed by atoms with van der Waals surface area (Å²) in [4.78, 5) is 22.3. The summed E-state index contributed by atoms with van der Waals surface area (Å²) in [6.07, 6.45) is -1.25. The maximum absolute atomic E-state index is 11.7. The first-order chi connectivity index (χ1) is 7.54. The Labute approximate surface area is 101 Å². The summed E-state index contributed by atoms with van der Waals surface area (Å²) in [7, 11) is 1.27. The largest absolute Gasteiger partial charge is 0.479 e. The van der Waals surface area contributed by atoms with Gasteiger partial charge in [0.15, 0.2) is 11.9 Å². The molecule has 0 aliphatic carbocycles. The number of methoxy groups -OCH3 is 1. The Bertz CT molecular complexity index is 385. The number of carboxylic acid groups (broad SMARTS) is 1. The number of carboxylic acids is 1. The van der Waals surface area contributed by atoms with E-state index in [9.17, 15) is 9.59 Å². The SMILES string of the molecule is COC(CC(=O)c1ccc(Br)cc1)C(=O)O. The predicted octanol–water partition coefficient (Wildman–Crippen LogP) is 2.12. The van der Waals surface area contributed by atoms with Crippen LogP contribution in [0, 0.1) is 0 Å². The highest BCUT2D eigenvalue weighted by Crippen LogP contribution is 2.13. The third kappa shape index (κ3) is 3.43. The normalized spacial score (nSPS) is 12.1. The molecule has 5 heteroatoms. The second kappa shape index (κ2) is 5.77. The minimum atomic E-state index is -1.13. The summed E-state index contributed by atoms with van der Waals surface area (Å²) in [6.45, 7) is 0. The van der Waals surface area contributed by atoms with E-state index in [4.69, 9.17) is 9.84 Å². The summed E-state index contributed by atoms with van der Waals surface area (Å²) in [6, 6.07) is 6.74. The van der Waals surface area contributed by atoms with Gasteiger partial charge < -0.3 is 9.84 Å². The fourth-order valence-corrected chi connectivity index (χ4v) is 1.46. The Morgan fingerprint density at radius 1 is 1.38 bits per heavy atom. The standard InChI is InChI=1S/C11H11BrO4/c1-16-10(11(14)15)6-9(13)7-2-4-8(12)5-3-7/h2-5,10H,6H2,1H3,(H,14,15). The Balaban J connectivity index is 2.71. The monoisotopic (exact) mass is 286 g/mol. The second-order valence-corrected chi connectivity index (χ2v) is 4.11. The molecule has 4 nitrogen and oxygen atoms in total. The van der Waals surface area contributed by atoms with E-state index in [-0.39, 0.29) is 12.2 Å². The van der Waals surface area contributed by atoms with Gasteiger partial charge in [0.25, 0.3) is 0 Å². The minimum absolute atomic E-state index is 0.159. The van der Waals surface area contributed by atoms with Crippen molar-refractivity contribution in [2.24, 2.45) is 0 Å². The van der Waals surface area contributed by atoms with Crippen molar-refractivity contribution in [1.82, 2.24) is 0 Å². The number of carbonyl (C=O) groups is 2. The molecule has 1 N–H and O–H groups in total. The third-order valence-corrected chi connectivity index (χ3v) is 2.63. The van der Waals surface area contributed by atoms with Crippen LogP contribution in [-0.2, 0) is 9.53 Å². The van der Waals surface area contributed by atoms with Crippen LogP contribution in [0.15, 0.2) is 28.7 Å². The Hall–Kier alpha value is -1.20. The lowest BCUT2D eigenvalue weighted by Gasteiger charge is -2.09. The van der Waals surface area contributed by atoms with Gasteiger partial charge in [0, 0.05) is 23.6 Å². The Morgan fingerprint density at radius 3 is 2.38 bits per heavy atom. The highest BCUT2D eigenvalue weighted by atomic mass is 79.9. The number of halogens is 1. The van der Waals surface area contributed by atoms with Crippen molar-refractivity contribution >= 4 is 27.7 Å². The smallest absolute Gasteiger partial charge is 0.333 e. The second-order valence-electron chi connectivity index (χ2n) is 3.20. The van der Waals surface area contributed by atoms with Crippen LogP contribution in [0.2, 0.25) is 0 Å². The lowest BCUT2D eigenvalue weighted by atomic mass is 10.1. The number of benzene rings is 1. The maximum atomic E-state index is 11.7. The zero-order valence-corrected chi connectivity index (χ0v) is 10.2. The molecule has 0 amide bonds. The molecule has 1 aromatic rings. The number of aliphatic carboxylic acids is 1. The molecule has 1 aromatic carbocycles. The van der Waals surface area contributed by atoms with Gasteiger partial charge in [-0.15, -0.1) is 0 Å². The summed E-state index contributed by atoms with van der Waals surface area (Å²) in [5, 5.41) is 8.73. The van der Waals surface area contributed by atoms with Gasteiger partial charge in [0.2, 0.25) is 0 Å². The molecular weight excluding hydrogens is 276 g/mol. The highest BCUT2D eigenvalue weighted by molar-refractivity contribution is 9.10. The molecule has 86 valence electrons. The van der Waals surface area contributed by atoms with E-state index in [0.29, 0.717) is 5.56 Å². The molecule has 0 fully saturated rings. The van der Waals surface area contributed by atoms with Gasteiger partial charge in [-0.1, -0.05) is 28.1 Å². The van der Waals surface area contributed by atoms with Gasteiger partial charge in [-0.25, -0.2) is 4.79 Å². The molecule has 0 aliphatic rings. The highest BCUT2D eigenvalue weighted by Gasteiger charge is 2.21. The molecule has 0 saturated heterocycles. The molecule has 16 heavy (non-hydrogen) atoms. The van der Waals surface area contributed by atoms with Crippen molar-refractivity contribution < 1.29 is 19.4 Å². The molecule has 0 saturated carbocycles. The van der Waals surface area contributed by atoms with E-state index < -0.39 is 12.1 Å². The van der Waals surface area contributed by atoms with Crippen LogP contribution in [0.5, 0.6) is 0 Å². The van der Waals surface area contributed by atoms with Crippen molar-refractivity contribution in [3.8, 4) is 0 Å². The fourth-order valence-electron chi connectivity index (χ4n) is 1.19. The van der Waals surface area contributed by atoms with Crippen molar-refractivity contribution in [2.75, 3.05) is 7.11 Å². The number of rotatable bonds is 5. The maximum Gasteiger partial charge on any atom is 0.333 e. The lowest BCUT2D eigenvalue weighted by Crippen LogP contribution is -2.25.